The zero-order valence-corrected chi connectivity index (χ0v) is 29.8. The fraction of sp³-hybridized carbons (Fsp3) is 0.250. The third kappa shape index (κ3) is 8.34. The first-order valence-electron chi connectivity index (χ1n) is 17.0. The third-order valence-corrected chi connectivity index (χ3v) is 9.30. The number of aliphatic hydroxyl groups excluding tert-OH is 4. The maximum Gasteiger partial charge on any atom is 0.338 e. The maximum absolute atomic E-state index is 13.7. The molecular weight excluding hydrogens is 717 g/mol. The fourth-order valence-electron chi connectivity index (χ4n) is 6.00. The van der Waals surface area contributed by atoms with Crippen LogP contribution in [0.1, 0.15) is 54.7 Å². The second-order valence-corrected chi connectivity index (χ2v) is 13.0. The van der Waals surface area contributed by atoms with Gasteiger partial charge in [-0.05, 0) is 67.7 Å². The number of hydrogen-bond donors (Lipinski definition) is 4. The van der Waals surface area contributed by atoms with Gasteiger partial charge >= 0.3 is 17.9 Å². The molecule has 1 aromatic heterocycles. The van der Waals surface area contributed by atoms with Crippen LogP contribution < -0.4 is 0 Å². The van der Waals surface area contributed by atoms with Crippen molar-refractivity contribution < 1.29 is 53.8 Å². The molecule has 4 aromatic carbocycles. The van der Waals surface area contributed by atoms with E-state index in [0.29, 0.717) is 5.69 Å². The minimum Gasteiger partial charge on any atom is -0.459 e. The predicted octanol–water partition coefficient (Wildman–Crippen LogP) is 4.27. The van der Waals surface area contributed by atoms with Crippen molar-refractivity contribution in [2.75, 3.05) is 13.2 Å². The molecule has 0 aliphatic carbocycles. The van der Waals surface area contributed by atoms with Gasteiger partial charge in [0.05, 0.1) is 29.0 Å². The predicted molar refractivity (Wildman–Crippen MR) is 195 cm³/mol. The van der Waals surface area contributed by atoms with Crippen LogP contribution in [0.25, 0.3) is 5.69 Å². The van der Waals surface area contributed by atoms with Gasteiger partial charge in [0.15, 0.2) is 23.2 Å². The molecule has 1 saturated heterocycles. The molecule has 2 heterocycles. The van der Waals surface area contributed by atoms with Gasteiger partial charge < -0.3 is 39.4 Å². The number of ether oxygens (including phenoxy) is 4. The largest absolute Gasteiger partial charge is 0.459 e. The van der Waals surface area contributed by atoms with Gasteiger partial charge in [-0.15, -0.1) is 0 Å². The quantitative estimate of drug-likeness (QED) is 0.0764. The molecule has 0 radical (unpaired) electrons. The molecule has 0 bridgehead atoms. The van der Waals surface area contributed by atoms with Crippen molar-refractivity contribution in [3.8, 4) is 5.69 Å². The number of rotatable bonds is 13. The molecule has 13 nitrogen and oxygen atoms in total. The molecule has 1 aliphatic heterocycles. The highest BCUT2D eigenvalue weighted by Crippen LogP contribution is 2.39. The molecule has 7 atom stereocenters. The van der Waals surface area contributed by atoms with Gasteiger partial charge in [0.25, 0.3) is 0 Å². The van der Waals surface area contributed by atoms with E-state index < -0.39 is 74.0 Å². The standard InChI is InChI=1S/C40H38N2O11S/c1-24-17-19-28(20-18-24)41-21-29(32(45)33(46)30(44)22-43)42(40(41)54)36-35(53-39(49)27-15-9-4-10-16-27)34(52-38(48)26-13-7-3-8-14-26)31(51-36)23-50-37(47)25-11-5-2-6-12-25/h2-21,30-36,43-46H,22-23H2,1H3/t30-,31-,32-,33-,34-,35-,36-/m1/s1. The molecule has 0 unspecified atom stereocenters. The lowest BCUT2D eigenvalue weighted by molar-refractivity contribution is -0.0898. The van der Waals surface area contributed by atoms with E-state index in [1.54, 1.807) is 78.9 Å². The van der Waals surface area contributed by atoms with Crippen molar-refractivity contribution in [3.05, 3.63) is 154 Å². The summed E-state index contributed by atoms with van der Waals surface area (Å²) in [7, 11) is 0. The minimum atomic E-state index is -1.91. The number of carbonyl (C=O) groups excluding carboxylic acids is 3. The highest BCUT2D eigenvalue weighted by Gasteiger charge is 2.52. The van der Waals surface area contributed by atoms with Crippen molar-refractivity contribution >= 4 is 30.1 Å². The van der Waals surface area contributed by atoms with E-state index in [2.05, 4.69) is 0 Å². The van der Waals surface area contributed by atoms with Crippen molar-refractivity contribution in [1.82, 2.24) is 9.13 Å². The molecule has 4 N–H and O–H groups in total. The molecule has 14 heteroatoms. The monoisotopic (exact) mass is 754 g/mol. The first-order chi connectivity index (χ1) is 26.1. The van der Waals surface area contributed by atoms with E-state index >= 15 is 0 Å². The summed E-state index contributed by atoms with van der Waals surface area (Å²) >= 11 is 5.94. The van der Waals surface area contributed by atoms with Gasteiger partial charge in [-0.25, -0.2) is 14.4 Å². The van der Waals surface area contributed by atoms with Gasteiger partial charge in [0, 0.05) is 11.9 Å². The SMILES string of the molecule is Cc1ccc(-n2cc([C@@H](O)[C@H](O)[C@H](O)CO)n([C@@H]3O[C@H](COC(=O)c4ccccc4)[C@@H](OC(=O)c4ccccc4)[C@H]3OC(=O)c3ccccc3)c2=S)cc1. The van der Waals surface area contributed by atoms with E-state index in [1.807, 2.05) is 19.1 Å². The molecule has 1 aliphatic rings. The van der Waals surface area contributed by atoms with Crippen LogP contribution >= 0.6 is 12.2 Å². The van der Waals surface area contributed by atoms with Crippen LogP contribution in [0.5, 0.6) is 0 Å². The minimum absolute atomic E-state index is 0.0144. The average molecular weight is 755 g/mol. The Labute approximate surface area is 315 Å². The smallest absolute Gasteiger partial charge is 0.338 e. The van der Waals surface area contributed by atoms with Gasteiger partial charge in [-0.2, -0.15) is 0 Å². The topological polar surface area (TPSA) is 179 Å². The first kappa shape index (κ1) is 38.3. The Morgan fingerprint density at radius 3 is 1.76 bits per heavy atom. The summed E-state index contributed by atoms with van der Waals surface area (Å²) in [6.45, 7) is 0.545. The van der Waals surface area contributed by atoms with Crippen molar-refractivity contribution in [2.45, 2.75) is 49.8 Å². The van der Waals surface area contributed by atoms with E-state index in [0.717, 1.165) is 5.56 Å². The fourth-order valence-corrected chi connectivity index (χ4v) is 6.37. The molecule has 54 heavy (non-hydrogen) atoms. The first-order valence-corrected chi connectivity index (χ1v) is 17.4. The zero-order valence-electron chi connectivity index (χ0n) is 29.0. The van der Waals surface area contributed by atoms with Crippen LogP contribution in [0, 0.1) is 11.7 Å². The van der Waals surface area contributed by atoms with E-state index in [4.69, 9.17) is 31.2 Å². The van der Waals surface area contributed by atoms with Crippen LogP contribution in [0.2, 0.25) is 0 Å². The van der Waals surface area contributed by atoms with E-state index in [9.17, 15) is 34.8 Å². The maximum atomic E-state index is 13.7. The highest BCUT2D eigenvalue weighted by atomic mass is 32.1. The summed E-state index contributed by atoms with van der Waals surface area (Å²) in [6.07, 6.45) is -9.82. The molecule has 0 spiro atoms. The number of nitrogens with zero attached hydrogens (tertiary/aromatic N) is 2. The lowest BCUT2D eigenvalue weighted by Gasteiger charge is -2.27. The molecule has 0 amide bonds. The Bertz CT molecular complexity index is 2110. The molecule has 1 fully saturated rings. The average Bonchev–Trinajstić information content (AvgIpc) is 3.72. The Hall–Kier alpha value is -5.48. The number of hydrogen-bond acceptors (Lipinski definition) is 12. The highest BCUT2D eigenvalue weighted by molar-refractivity contribution is 7.71. The number of aromatic nitrogens is 2. The molecule has 5 aromatic rings. The number of benzene rings is 4. The molecule has 280 valence electrons. The summed E-state index contributed by atoms with van der Waals surface area (Å²) in [5.41, 5.74) is 1.97. The second-order valence-electron chi connectivity index (χ2n) is 12.6. The van der Waals surface area contributed by atoms with Crippen molar-refractivity contribution in [2.24, 2.45) is 0 Å². The number of carbonyl (C=O) groups is 3. The van der Waals surface area contributed by atoms with Gasteiger partial charge in [0.1, 0.15) is 31.0 Å². The van der Waals surface area contributed by atoms with Crippen molar-refractivity contribution in [3.63, 3.8) is 0 Å². The normalized spacial score (nSPS) is 19.7. The Morgan fingerprint density at radius 1 is 0.741 bits per heavy atom. The number of aliphatic hydroxyl groups is 4. The van der Waals surface area contributed by atoms with Crippen LogP contribution in [0.4, 0.5) is 0 Å². The Kier molecular flexibility index (Phi) is 12.1. The van der Waals surface area contributed by atoms with Crippen LogP contribution in [0.3, 0.4) is 0 Å². The van der Waals surface area contributed by atoms with Crippen LogP contribution in [-0.4, -0.2) is 91.2 Å². The Balaban J connectivity index is 1.48. The van der Waals surface area contributed by atoms with E-state index in [1.165, 1.54) is 39.6 Å². The summed E-state index contributed by atoms with van der Waals surface area (Å²) < 4.78 is 27.0. The summed E-state index contributed by atoms with van der Waals surface area (Å²) in [6, 6.07) is 31.5. The van der Waals surface area contributed by atoms with Crippen LogP contribution in [0.15, 0.2) is 121 Å². The van der Waals surface area contributed by atoms with Crippen LogP contribution in [-0.2, 0) is 18.9 Å². The summed E-state index contributed by atoms with van der Waals surface area (Å²) in [4.78, 5) is 40.5. The molecular formula is C40H38N2O11S. The van der Waals surface area contributed by atoms with E-state index in [-0.39, 0.29) is 27.2 Å². The third-order valence-electron chi connectivity index (χ3n) is 8.91. The number of imidazole rings is 1. The summed E-state index contributed by atoms with van der Waals surface area (Å²) in [5, 5.41) is 42.4. The lowest BCUT2D eigenvalue weighted by Crippen LogP contribution is -2.42. The molecule has 0 saturated carbocycles. The lowest BCUT2D eigenvalue weighted by atomic mass is 10.1. The van der Waals surface area contributed by atoms with Crippen molar-refractivity contribution in [1.29, 1.82) is 0 Å². The Morgan fingerprint density at radius 2 is 1.24 bits per heavy atom. The second kappa shape index (κ2) is 17.1. The summed E-state index contributed by atoms with van der Waals surface area (Å²) in [5.74, 6) is -2.32. The van der Waals surface area contributed by atoms with Gasteiger partial charge in [-0.1, -0.05) is 72.3 Å². The number of esters is 3. The number of aryl methyl sites for hydroxylation is 1. The molecule has 6 rings (SSSR count). The zero-order chi connectivity index (χ0) is 38.4. The van der Waals surface area contributed by atoms with Gasteiger partial charge in [-0.3, -0.25) is 9.13 Å². The van der Waals surface area contributed by atoms with Gasteiger partial charge in [0.2, 0.25) is 0 Å².